The summed E-state index contributed by atoms with van der Waals surface area (Å²) in [6.07, 6.45) is 5.43. The lowest BCUT2D eigenvalue weighted by atomic mass is 9.94. The van der Waals surface area contributed by atoms with Crippen LogP contribution in [0.1, 0.15) is 32.3 Å². The van der Waals surface area contributed by atoms with Crippen molar-refractivity contribution < 1.29 is 5.11 Å². The zero-order valence-corrected chi connectivity index (χ0v) is 9.53. The van der Waals surface area contributed by atoms with E-state index in [1.54, 1.807) is 6.20 Å². The minimum Gasteiger partial charge on any atom is -0.396 e. The fraction of sp³-hybridized carbons (Fsp3) is 0.583. The maximum Gasteiger partial charge on any atom is 0.0448 e. The summed E-state index contributed by atoms with van der Waals surface area (Å²) in [6.45, 7) is 5.30. The topological polar surface area (TPSA) is 45.1 Å². The Bertz CT molecular complexity index is 276. The number of pyridine rings is 1. The van der Waals surface area contributed by atoms with Crippen LogP contribution in [0, 0.1) is 0 Å². The Morgan fingerprint density at radius 2 is 2.33 bits per heavy atom. The standard InChI is InChI=1S/C12H20N2O/c1-3-12(2,6-8-15)14-10-11-5-4-7-13-9-11/h4-5,7,9,14-15H,3,6,8,10H2,1-2H3. The summed E-state index contributed by atoms with van der Waals surface area (Å²) in [6, 6.07) is 3.99. The molecule has 1 rings (SSSR count). The summed E-state index contributed by atoms with van der Waals surface area (Å²) in [5.41, 5.74) is 1.19. The van der Waals surface area contributed by atoms with Crippen molar-refractivity contribution in [1.82, 2.24) is 10.3 Å². The maximum absolute atomic E-state index is 8.98. The van der Waals surface area contributed by atoms with Crippen molar-refractivity contribution in [2.45, 2.75) is 38.8 Å². The van der Waals surface area contributed by atoms with E-state index in [0.717, 1.165) is 19.4 Å². The molecule has 0 bridgehead atoms. The molecule has 0 saturated heterocycles. The average molecular weight is 208 g/mol. The van der Waals surface area contributed by atoms with Gasteiger partial charge in [-0.15, -0.1) is 0 Å². The molecule has 3 nitrogen and oxygen atoms in total. The predicted octanol–water partition coefficient (Wildman–Crippen LogP) is 1.72. The van der Waals surface area contributed by atoms with Crippen molar-refractivity contribution in [1.29, 1.82) is 0 Å². The van der Waals surface area contributed by atoms with Gasteiger partial charge in [0, 0.05) is 31.1 Å². The van der Waals surface area contributed by atoms with Gasteiger partial charge in [-0.3, -0.25) is 4.98 Å². The Hall–Kier alpha value is -0.930. The van der Waals surface area contributed by atoms with E-state index >= 15 is 0 Å². The third kappa shape index (κ3) is 3.98. The van der Waals surface area contributed by atoms with E-state index in [9.17, 15) is 0 Å². The molecule has 0 aliphatic heterocycles. The fourth-order valence-electron chi connectivity index (χ4n) is 1.46. The van der Waals surface area contributed by atoms with E-state index in [0.29, 0.717) is 0 Å². The van der Waals surface area contributed by atoms with Gasteiger partial charge in [0.2, 0.25) is 0 Å². The first-order chi connectivity index (χ1) is 7.20. The molecule has 1 aromatic heterocycles. The summed E-state index contributed by atoms with van der Waals surface area (Å²) in [5, 5.41) is 12.4. The molecular weight excluding hydrogens is 188 g/mol. The minimum atomic E-state index is 0.0184. The van der Waals surface area contributed by atoms with Gasteiger partial charge in [-0.25, -0.2) is 0 Å². The number of aliphatic hydroxyl groups is 1. The van der Waals surface area contributed by atoms with Crippen LogP contribution in [-0.4, -0.2) is 22.2 Å². The van der Waals surface area contributed by atoms with Crippen LogP contribution < -0.4 is 5.32 Å². The van der Waals surface area contributed by atoms with Gasteiger partial charge < -0.3 is 10.4 Å². The molecule has 2 N–H and O–H groups in total. The first-order valence-corrected chi connectivity index (χ1v) is 5.45. The van der Waals surface area contributed by atoms with Gasteiger partial charge in [-0.1, -0.05) is 13.0 Å². The molecule has 1 aromatic rings. The first-order valence-electron chi connectivity index (χ1n) is 5.45. The first kappa shape index (κ1) is 12.1. The summed E-state index contributed by atoms with van der Waals surface area (Å²) < 4.78 is 0. The summed E-state index contributed by atoms with van der Waals surface area (Å²) in [5.74, 6) is 0. The van der Waals surface area contributed by atoms with Gasteiger partial charge in [0.05, 0.1) is 0 Å². The van der Waals surface area contributed by atoms with Crippen LogP contribution in [0.4, 0.5) is 0 Å². The van der Waals surface area contributed by atoms with E-state index in [4.69, 9.17) is 5.11 Å². The third-order valence-corrected chi connectivity index (χ3v) is 2.89. The zero-order valence-electron chi connectivity index (χ0n) is 9.53. The number of nitrogens with zero attached hydrogens (tertiary/aromatic N) is 1. The van der Waals surface area contributed by atoms with Gasteiger partial charge >= 0.3 is 0 Å². The molecule has 0 amide bonds. The van der Waals surface area contributed by atoms with Crippen LogP contribution in [0.25, 0.3) is 0 Å². The SMILES string of the molecule is CCC(C)(CCO)NCc1cccnc1. The molecule has 15 heavy (non-hydrogen) atoms. The highest BCUT2D eigenvalue weighted by Crippen LogP contribution is 2.14. The van der Waals surface area contributed by atoms with Crippen molar-refractivity contribution in [3.05, 3.63) is 30.1 Å². The molecule has 1 atom stereocenters. The summed E-state index contributed by atoms with van der Waals surface area (Å²) in [7, 11) is 0. The molecule has 3 heteroatoms. The van der Waals surface area contributed by atoms with Gasteiger partial charge in [-0.2, -0.15) is 0 Å². The number of aromatic nitrogens is 1. The van der Waals surface area contributed by atoms with Crippen LogP contribution in [-0.2, 0) is 6.54 Å². The largest absolute Gasteiger partial charge is 0.396 e. The number of hydrogen-bond donors (Lipinski definition) is 2. The number of rotatable bonds is 6. The lowest BCUT2D eigenvalue weighted by molar-refractivity contribution is 0.214. The van der Waals surface area contributed by atoms with E-state index < -0.39 is 0 Å². The second-order valence-corrected chi connectivity index (χ2v) is 4.10. The van der Waals surface area contributed by atoms with Crippen molar-refractivity contribution in [2.24, 2.45) is 0 Å². The van der Waals surface area contributed by atoms with Crippen LogP contribution in [0.3, 0.4) is 0 Å². The quantitative estimate of drug-likeness (QED) is 0.748. The monoisotopic (exact) mass is 208 g/mol. The van der Waals surface area contributed by atoms with Crippen molar-refractivity contribution in [2.75, 3.05) is 6.61 Å². The summed E-state index contributed by atoms with van der Waals surface area (Å²) in [4.78, 5) is 4.07. The van der Waals surface area contributed by atoms with Gasteiger partial charge in [-0.05, 0) is 31.4 Å². The highest BCUT2D eigenvalue weighted by atomic mass is 16.3. The maximum atomic E-state index is 8.98. The normalized spacial score (nSPS) is 14.9. The molecule has 0 aromatic carbocycles. The van der Waals surface area contributed by atoms with Crippen molar-refractivity contribution in [3.63, 3.8) is 0 Å². The Morgan fingerprint density at radius 1 is 1.53 bits per heavy atom. The van der Waals surface area contributed by atoms with E-state index in [1.165, 1.54) is 5.56 Å². The molecule has 0 spiro atoms. The van der Waals surface area contributed by atoms with Crippen molar-refractivity contribution in [3.8, 4) is 0 Å². The second kappa shape index (κ2) is 5.83. The molecule has 84 valence electrons. The Labute approximate surface area is 91.5 Å². The van der Waals surface area contributed by atoms with Crippen LogP contribution in [0.5, 0.6) is 0 Å². The summed E-state index contributed by atoms with van der Waals surface area (Å²) >= 11 is 0. The molecule has 0 aliphatic rings. The second-order valence-electron chi connectivity index (χ2n) is 4.10. The molecule has 0 fully saturated rings. The van der Waals surface area contributed by atoms with E-state index in [2.05, 4.69) is 30.2 Å². The third-order valence-electron chi connectivity index (χ3n) is 2.89. The Kier molecular flexibility index (Phi) is 4.72. The molecule has 1 heterocycles. The Morgan fingerprint density at radius 3 is 2.87 bits per heavy atom. The van der Waals surface area contributed by atoms with Crippen LogP contribution >= 0.6 is 0 Å². The fourth-order valence-corrected chi connectivity index (χ4v) is 1.46. The van der Waals surface area contributed by atoms with Crippen LogP contribution in [0.15, 0.2) is 24.5 Å². The molecule has 0 radical (unpaired) electrons. The van der Waals surface area contributed by atoms with Crippen LogP contribution in [0.2, 0.25) is 0 Å². The van der Waals surface area contributed by atoms with Crippen molar-refractivity contribution >= 4 is 0 Å². The highest BCUT2D eigenvalue weighted by Gasteiger charge is 2.19. The van der Waals surface area contributed by atoms with E-state index in [-0.39, 0.29) is 12.1 Å². The number of nitrogens with one attached hydrogen (secondary N) is 1. The smallest absolute Gasteiger partial charge is 0.0448 e. The molecule has 0 saturated carbocycles. The van der Waals surface area contributed by atoms with Gasteiger partial charge in [0.1, 0.15) is 0 Å². The van der Waals surface area contributed by atoms with Gasteiger partial charge in [0.15, 0.2) is 0 Å². The lowest BCUT2D eigenvalue weighted by Gasteiger charge is -2.29. The molecule has 0 aliphatic carbocycles. The minimum absolute atomic E-state index is 0.0184. The lowest BCUT2D eigenvalue weighted by Crippen LogP contribution is -2.42. The molecular formula is C12H20N2O. The molecule has 1 unspecified atom stereocenters. The highest BCUT2D eigenvalue weighted by molar-refractivity contribution is 5.08. The number of aliphatic hydroxyl groups excluding tert-OH is 1. The average Bonchev–Trinajstić information content (AvgIpc) is 2.28. The predicted molar refractivity (Wildman–Crippen MR) is 61.5 cm³/mol. The number of hydrogen-bond acceptors (Lipinski definition) is 3. The Balaban J connectivity index is 2.47. The van der Waals surface area contributed by atoms with E-state index in [1.807, 2.05) is 12.3 Å². The van der Waals surface area contributed by atoms with Gasteiger partial charge in [0.25, 0.3) is 0 Å². The zero-order chi connectivity index (χ0) is 11.1.